The average Bonchev–Trinajstić information content (AvgIpc) is 3.57. The SMILES string of the molecule is CC(NC(=O)[C@H](CC1CC1)NC(=O)OCC1c2ccccc2-c2ccccc21)(C(=O)O)C(F)(F)F. The van der Waals surface area contributed by atoms with Crippen LogP contribution in [0.2, 0.25) is 0 Å². The summed E-state index contributed by atoms with van der Waals surface area (Å²) in [7, 11) is 0. The third kappa shape index (κ3) is 4.96. The van der Waals surface area contributed by atoms with Crippen LogP contribution in [0.15, 0.2) is 48.5 Å². The molecule has 0 aliphatic heterocycles. The van der Waals surface area contributed by atoms with Crippen LogP contribution in [-0.4, -0.2) is 47.4 Å². The summed E-state index contributed by atoms with van der Waals surface area (Å²) in [5.74, 6) is -3.65. The number of rotatable bonds is 8. The quantitative estimate of drug-likeness (QED) is 0.514. The van der Waals surface area contributed by atoms with Gasteiger partial charge in [-0.2, -0.15) is 13.2 Å². The minimum Gasteiger partial charge on any atom is -0.479 e. The number of carboxylic acids is 1. The van der Waals surface area contributed by atoms with Crippen molar-refractivity contribution in [3.8, 4) is 11.1 Å². The lowest BCUT2D eigenvalue weighted by Crippen LogP contribution is -2.64. The maximum Gasteiger partial charge on any atom is 0.422 e. The molecule has 0 aromatic heterocycles. The summed E-state index contributed by atoms with van der Waals surface area (Å²) >= 11 is 0. The predicted molar refractivity (Wildman–Crippen MR) is 120 cm³/mol. The maximum atomic E-state index is 13.3. The zero-order valence-electron chi connectivity index (χ0n) is 18.9. The lowest BCUT2D eigenvalue weighted by atomic mass is 9.98. The fraction of sp³-hybridized carbons (Fsp3) is 0.400. The summed E-state index contributed by atoms with van der Waals surface area (Å²) in [4.78, 5) is 36.5. The summed E-state index contributed by atoms with van der Waals surface area (Å²) < 4.78 is 45.4. The van der Waals surface area contributed by atoms with Gasteiger partial charge in [-0.25, -0.2) is 9.59 Å². The Hall–Kier alpha value is -3.56. The van der Waals surface area contributed by atoms with Gasteiger partial charge in [0.25, 0.3) is 0 Å². The topological polar surface area (TPSA) is 105 Å². The lowest BCUT2D eigenvalue weighted by molar-refractivity contribution is -0.207. The van der Waals surface area contributed by atoms with Crippen LogP contribution in [0.4, 0.5) is 18.0 Å². The highest BCUT2D eigenvalue weighted by molar-refractivity contribution is 5.91. The van der Waals surface area contributed by atoms with E-state index in [4.69, 9.17) is 9.84 Å². The van der Waals surface area contributed by atoms with E-state index in [9.17, 15) is 27.6 Å². The van der Waals surface area contributed by atoms with Gasteiger partial charge >= 0.3 is 18.2 Å². The number of carbonyl (C=O) groups is 3. The third-order valence-electron chi connectivity index (χ3n) is 6.59. The van der Waals surface area contributed by atoms with Gasteiger partial charge < -0.3 is 20.5 Å². The van der Waals surface area contributed by atoms with E-state index in [1.165, 1.54) is 0 Å². The Morgan fingerprint density at radius 2 is 1.57 bits per heavy atom. The Kier molecular flexibility index (Phi) is 6.48. The molecule has 2 aliphatic rings. The van der Waals surface area contributed by atoms with E-state index in [1.807, 2.05) is 48.5 Å². The first-order chi connectivity index (χ1) is 16.5. The minimum absolute atomic E-state index is 0.0347. The van der Waals surface area contributed by atoms with Crippen LogP contribution in [-0.2, 0) is 14.3 Å². The van der Waals surface area contributed by atoms with Gasteiger partial charge in [-0.1, -0.05) is 61.4 Å². The predicted octanol–water partition coefficient (Wildman–Crippen LogP) is 4.22. The number of carboxylic acid groups (broad SMARTS) is 1. The molecule has 2 atom stereocenters. The molecule has 1 unspecified atom stereocenters. The number of alkyl halides is 3. The Morgan fingerprint density at radius 1 is 1.03 bits per heavy atom. The molecule has 35 heavy (non-hydrogen) atoms. The Bertz CT molecular complexity index is 1100. The van der Waals surface area contributed by atoms with Gasteiger partial charge in [0.1, 0.15) is 12.6 Å². The highest BCUT2D eigenvalue weighted by atomic mass is 19.4. The molecular formula is C25H25F3N2O5. The number of halogens is 3. The summed E-state index contributed by atoms with van der Waals surface area (Å²) in [6.45, 7) is 0.335. The molecular weight excluding hydrogens is 465 g/mol. The number of alkyl carbamates (subject to hydrolysis) is 1. The van der Waals surface area contributed by atoms with E-state index < -0.39 is 35.7 Å². The van der Waals surface area contributed by atoms with E-state index in [-0.39, 0.29) is 24.9 Å². The second-order valence-electron chi connectivity index (χ2n) is 9.12. The van der Waals surface area contributed by atoms with Crippen molar-refractivity contribution >= 4 is 18.0 Å². The number of amides is 2. The van der Waals surface area contributed by atoms with Gasteiger partial charge in [0.15, 0.2) is 0 Å². The van der Waals surface area contributed by atoms with E-state index in [0.717, 1.165) is 35.1 Å². The molecule has 7 nitrogen and oxygen atoms in total. The van der Waals surface area contributed by atoms with Crippen LogP contribution in [0.1, 0.15) is 43.2 Å². The average molecular weight is 490 g/mol. The largest absolute Gasteiger partial charge is 0.479 e. The molecule has 2 aromatic carbocycles. The van der Waals surface area contributed by atoms with Crippen LogP contribution in [0.5, 0.6) is 0 Å². The Morgan fingerprint density at radius 3 is 2.06 bits per heavy atom. The normalized spacial score (nSPS) is 17.5. The number of benzene rings is 2. The lowest BCUT2D eigenvalue weighted by Gasteiger charge is -2.30. The van der Waals surface area contributed by atoms with Crippen LogP contribution < -0.4 is 10.6 Å². The van der Waals surface area contributed by atoms with E-state index in [0.29, 0.717) is 6.92 Å². The number of hydrogen-bond donors (Lipinski definition) is 3. The van der Waals surface area contributed by atoms with Crippen LogP contribution >= 0.6 is 0 Å². The van der Waals surface area contributed by atoms with Crippen LogP contribution in [0, 0.1) is 5.92 Å². The Labute approximate surface area is 199 Å². The van der Waals surface area contributed by atoms with Crippen molar-refractivity contribution in [2.24, 2.45) is 5.92 Å². The van der Waals surface area contributed by atoms with E-state index >= 15 is 0 Å². The van der Waals surface area contributed by atoms with Crippen LogP contribution in [0.25, 0.3) is 11.1 Å². The minimum atomic E-state index is -5.23. The van der Waals surface area contributed by atoms with E-state index in [1.54, 1.807) is 5.32 Å². The van der Waals surface area contributed by atoms with Crippen molar-refractivity contribution in [1.82, 2.24) is 10.6 Å². The summed E-state index contributed by atoms with van der Waals surface area (Å²) in [5.41, 5.74) is 0.535. The molecule has 1 saturated carbocycles. The van der Waals surface area contributed by atoms with Gasteiger partial charge in [-0.3, -0.25) is 4.79 Å². The monoisotopic (exact) mass is 490 g/mol. The molecule has 3 N–H and O–H groups in total. The molecule has 0 heterocycles. The van der Waals surface area contributed by atoms with Gasteiger partial charge in [-0.05, 0) is 41.5 Å². The molecule has 0 radical (unpaired) electrons. The fourth-order valence-electron chi connectivity index (χ4n) is 4.28. The van der Waals surface area contributed by atoms with Gasteiger partial charge in [0.05, 0.1) is 0 Å². The van der Waals surface area contributed by atoms with Crippen molar-refractivity contribution in [3.05, 3.63) is 59.7 Å². The molecule has 4 rings (SSSR count). The number of aliphatic carboxylic acids is 1. The molecule has 2 aliphatic carbocycles. The molecule has 0 saturated heterocycles. The highest BCUT2D eigenvalue weighted by Gasteiger charge is 2.59. The number of fused-ring (bicyclic) bond motifs is 3. The second kappa shape index (κ2) is 9.24. The number of carbonyl (C=O) groups excluding carboxylic acids is 2. The van der Waals surface area contributed by atoms with Crippen molar-refractivity contribution in [3.63, 3.8) is 0 Å². The van der Waals surface area contributed by atoms with Gasteiger partial charge in [0.2, 0.25) is 11.4 Å². The van der Waals surface area contributed by atoms with Crippen molar-refractivity contribution in [1.29, 1.82) is 0 Å². The van der Waals surface area contributed by atoms with Crippen molar-refractivity contribution < 1.29 is 37.4 Å². The summed E-state index contributed by atoms with van der Waals surface area (Å²) in [6.07, 6.45) is -4.57. The number of nitrogens with one attached hydrogen (secondary N) is 2. The first-order valence-corrected chi connectivity index (χ1v) is 11.2. The maximum absolute atomic E-state index is 13.3. The molecule has 10 heteroatoms. The second-order valence-corrected chi connectivity index (χ2v) is 9.12. The standard InChI is InChI=1S/C25H25F3N2O5/c1-24(22(32)33,25(26,27)28)30-21(31)20(12-14-10-11-14)29-23(34)35-13-19-17-8-4-2-6-15(17)16-7-3-5-9-18(16)19/h2-9,14,19-20H,10-13H2,1H3,(H,29,34)(H,30,31)(H,32,33)/t20-,24?/m0/s1. The molecule has 0 bridgehead atoms. The summed E-state index contributed by atoms with van der Waals surface area (Å²) in [5, 5.41) is 13.0. The van der Waals surface area contributed by atoms with Crippen LogP contribution in [0.3, 0.4) is 0 Å². The molecule has 1 fully saturated rings. The van der Waals surface area contributed by atoms with E-state index in [2.05, 4.69) is 5.32 Å². The number of ether oxygens (including phenoxy) is 1. The molecule has 0 spiro atoms. The first-order valence-electron chi connectivity index (χ1n) is 11.2. The van der Waals surface area contributed by atoms with Gasteiger partial charge in [0, 0.05) is 5.92 Å². The molecule has 2 aromatic rings. The number of hydrogen-bond acceptors (Lipinski definition) is 4. The molecule has 2 amide bonds. The molecule has 186 valence electrons. The fourth-order valence-corrected chi connectivity index (χ4v) is 4.28. The zero-order valence-corrected chi connectivity index (χ0v) is 18.9. The third-order valence-corrected chi connectivity index (χ3v) is 6.59. The van der Waals surface area contributed by atoms with Crippen molar-refractivity contribution in [2.75, 3.05) is 6.61 Å². The smallest absolute Gasteiger partial charge is 0.422 e. The Balaban J connectivity index is 1.44. The highest BCUT2D eigenvalue weighted by Crippen LogP contribution is 2.44. The van der Waals surface area contributed by atoms with Gasteiger partial charge in [-0.15, -0.1) is 0 Å². The first kappa shape index (κ1) is 24.6. The summed E-state index contributed by atoms with van der Waals surface area (Å²) in [6, 6.07) is 14.1. The zero-order chi connectivity index (χ0) is 25.4. The van der Waals surface area contributed by atoms with Crippen molar-refractivity contribution in [2.45, 2.75) is 49.9 Å².